The molecule has 0 aromatic carbocycles. The Labute approximate surface area is 201 Å². The van der Waals surface area contributed by atoms with Gasteiger partial charge in [-0.2, -0.15) is 0 Å². The Morgan fingerprint density at radius 1 is 1.24 bits per heavy atom. The minimum atomic E-state index is 0.0746. The second kappa shape index (κ2) is 9.03. The van der Waals surface area contributed by atoms with Gasteiger partial charge >= 0.3 is 0 Å². The predicted octanol–water partition coefficient (Wildman–Crippen LogP) is 3.54. The van der Waals surface area contributed by atoms with Gasteiger partial charge in [-0.25, -0.2) is 4.98 Å². The summed E-state index contributed by atoms with van der Waals surface area (Å²) in [5, 5.41) is 15.8. The van der Waals surface area contributed by atoms with E-state index in [0.29, 0.717) is 12.5 Å². The van der Waals surface area contributed by atoms with Crippen molar-refractivity contribution in [1.82, 2.24) is 25.9 Å². The van der Waals surface area contributed by atoms with E-state index in [2.05, 4.69) is 33.2 Å². The number of thiazole rings is 1. The Bertz CT molecular complexity index is 1130. The van der Waals surface area contributed by atoms with Gasteiger partial charge in [0.2, 0.25) is 5.91 Å². The number of rotatable bonds is 6. The van der Waals surface area contributed by atoms with E-state index in [1.165, 1.54) is 23.3 Å². The number of fused-ring (bicyclic) bond motifs is 3. The molecule has 5 heterocycles. The van der Waals surface area contributed by atoms with Crippen molar-refractivity contribution in [3.63, 3.8) is 0 Å². The highest BCUT2D eigenvalue weighted by Crippen LogP contribution is 2.46. The molecular weight excluding hydrogens is 452 g/mol. The minimum Gasteiger partial charge on any atom is -0.317 e. The molecule has 2 aliphatic heterocycles. The summed E-state index contributed by atoms with van der Waals surface area (Å²) in [6.07, 6.45) is 7.54. The van der Waals surface area contributed by atoms with Crippen LogP contribution < -0.4 is 21.3 Å². The van der Waals surface area contributed by atoms with Crippen molar-refractivity contribution in [1.29, 1.82) is 0 Å². The number of thiophene rings is 1. The lowest BCUT2D eigenvalue weighted by molar-refractivity contribution is -0.116. The van der Waals surface area contributed by atoms with E-state index in [-0.39, 0.29) is 11.9 Å². The van der Waals surface area contributed by atoms with Gasteiger partial charge in [-0.05, 0) is 69.3 Å². The quantitative estimate of drug-likeness (QED) is 0.430. The van der Waals surface area contributed by atoms with Crippen LogP contribution in [0, 0.1) is 11.8 Å². The van der Waals surface area contributed by atoms with Crippen LogP contribution in [0.1, 0.15) is 42.7 Å². The van der Waals surface area contributed by atoms with Gasteiger partial charge < -0.3 is 21.3 Å². The van der Waals surface area contributed by atoms with Crippen LogP contribution in [-0.4, -0.2) is 48.1 Å². The summed E-state index contributed by atoms with van der Waals surface area (Å²) >= 11 is 3.38. The van der Waals surface area contributed by atoms with Crippen LogP contribution >= 0.6 is 22.7 Å². The van der Waals surface area contributed by atoms with Crippen LogP contribution in [-0.2, 0) is 11.2 Å². The molecule has 174 valence electrons. The third-order valence-electron chi connectivity index (χ3n) is 7.35. The molecule has 7 nitrogen and oxygen atoms in total. The molecule has 4 N–H and O–H groups in total. The molecule has 1 amide bonds. The standard InChI is InChI=1S/C24H30N6OS2/c1-13-22-17(2-6-27-13)21(23-29-18-12-25-5-3-19(18)32-23)24(33-22)30-20(31)4-7-28-16-8-14-10-26-11-15(14)9-16/h3,5,12-16,26-28H,2,4,6-11H2,1H3,(H,30,31)/t13-,14-,15+,16-/m0/s1. The van der Waals surface area contributed by atoms with Crippen molar-refractivity contribution in [3.05, 3.63) is 28.9 Å². The monoisotopic (exact) mass is 482 g/mol. The molecule has 33 heavy (non-hydrogen) atoms. The van der Waals surface area contributed by atoms with Crippen LogP contribution in [0.25, 0.3) is 20.8 Å². The number of nitrogens with zero attached hydrogens (tertiary/aromatic N) is 2. The van der Waals surface area contributed by atoms with Crippen LogP contribution in [0.3, 0.4) is 0 Å². The lowest BCUT2D eigenvalue weighted by Crippen LogP contribution is -2.31. The molecule has 3 aliphatic rings. The molecule has 0 spiro atoms. The minimum absolute atomic E-state index is 0.0746. The Hall–Kier alpha value is -1.91. The Morgan fingerprint density at radius 3 is 2.91 bits per heavy atom. The molecular formula is C24H30N6OS2. The second-order valence-corrected chi connectivity index (χ2v) is 11.6. The average molecular weight is 483 g/mol. The molecule has 2 fully saturated rings. The summed E-state index contributed by atoms with van der Waals surface area (Å²) in [5.74, 6) is 1.71. The topological polar surface area (TPSA) is 91.0 Å². The zero-order chi connectivity index (χ0) is 22.4. The van der Waals surface area contributed by atoms with E-state index in [4.69, 9.17) is 4.98 Å². The maximum atomic E-state index is 12.9. The van der Waals surface area contributed by atoms with Crippen LogP contribution in [0.2, 0.25) is 0 Å². The number of pyridine rings is 1. The van der Waals surface area contributed by atoms with Crippen LogP contribution in [0.15, 0.2) is 18.5 Å². The van der Waals surface area contributed by atoms with Crippen molar-refractivity contribution in [3.8, 4) is 10.6 Å². The fourth-order valence-electron chi connectivity index (χ4n) is 5.70. The molecule has 4 atom stereocenters. The highest BCUT2D eigenvalue weighted by molar-refractivity contribution is 7.23. The van der Waals surface area contributed by atoms with Gasteiger partial charge in [0.05, 0.1) is 10.9 Å². The van der Waals surface area contributed by atoms with Crippen molar-refractivity contribution in [2.24, 2.45) is 11.8 Å². The zero-order valence-corrected chi connectivity index (χ0v) is 20.5. The summed E-state index contributed by atoms with van der Waals surface area (Å²) in [4.78, 5) is 23.3. The molecule has 1 saturated carbocycles. The number of hydrogen-bond donors (Lipinski definition) is 4. The number of nitrogens with one attached hydrogen (secondary N) is 4. The van der Waals surface area contributed by atoms with Gasteiger partial charge in [0.25, 0.3) is 0 Å². The number of carbonyl (C=O) groups excluding carboxylic acids is 1. The Morgan fingerprint density at radius 2 is 2.09 bits per heavy atom. The normalized spacial score (nSPS) is 26.5. The van der Waals surface area contributed by atoms with Crippen molar-refractivity contribution in [2.75, 3.05) is 31.5 Å². The van der Waals surface area contributed by atoms with E-state index < -0.39 is 0 Å². The summed E-state index contributed by atoms with van der Waals surface area (Å²) in [6.45, 7) is 6.19. The Kier molecular flexibility index (Phi) is 5.92. The smallest absolute Gasteiger partial charge is 0.226 e. The molecule has 1 saturated heterocycles. The van der Waals surface area contributed by atoms with E-state index >= 15 is 0 Å². The van der Waals surface area contributed by atoms with Gasteiger partial charge in [0.15, 0.2) is 0 Å². The third kappa shape index (κ3) is 4.21. The third-order valence-corrected chi connectivity index (χ3v) is 9.74. The number of aromatic nitrogens is 2. The largest absolute Gasteiger partial charge is 0.317 e. The maximum Gasteiger partial charge on any atom is 0.226 e. The van der Waals surface area contributed by atoms with E-state index in [1.807, 2.05) is 18.5 Å². The lowest BCUT2D eigenvalue weighted by atomic mass is 10.0. The van der Waals surface area contributed by atoms with Crippen molar-refractivity contribution >= 4 is 43.8 Å². The highest BCUT2D eigenvalue weighted by Gasteiger charge is 2.37. The first-order valence-corrected chi connectivity index (χ1v) is 13.6. The number of anilines is 1. The molecule has 9 heteroatoms. The van der Waals surface area contributed by atoms with Crippen molar-refractivity contribution < 1.29 is 4.79 Å². The Balaban J connectivity index is 1.18. The highest BCUT2D eigenvalue weighted by atomic mass is 32.1. The first-order valence-electron chi connectivity index (χ1n) is 12.0. The molecule has 1 aliphatic carbocycles. The van der Waals surface area contributed by atoms with Crippen LogP contribution in [0.5, 0.6) is 0 Å². The van der Waals surface area contributed by atoms with E-state index in [0.717, 1.165) is 70.2 Å². The molecule has 0 radical (unpaired) electrons. The first-order chi connectivity index (χ1) is 16.2. The fraction of sp³-hybridized carbons (Fsp3) is 0.542. The second-order valence-electron chi connectivity index (χ2n) is 9.54. The maximum absolute atomic E-state index is 12.9. The van der Waals surface area contributed by atoms with Crippen LogP contribution in [0.4, 0.5) is 5.00 Å². The SMILES string of the molecule is C[C@@H]1NCCc2c1sc(NC(=O)CCN[C@H]1C[C@H]3CNC[C@H]3C1)c2-c1nc2cnccc2s1. The lowest BCUT2D eigenvalue weighted by Gasteiger charge is -2.20. The van der Waals surface area contributed by atoms with Gasteiger partial charge in [-0.1, -0.05) is 0 Å². The summed E-state index contributed by atoms with van der Waals surface area (Å²) in [7, 11) is 0. The van der Waals surface area contributed by atoms with Gasteiger partial charge in [0.1, 0.15) is 15.5 Å². The van der Waals surface area contributed by atoms with Gasteiger partial charge in [0, 0.05) is 41.7 Å². The summed E-state index contributed by atoms with van der Waals surface area (Å²) in [5.41, 5.74) is 3.36. The van der Waals surface area contributed by atoms with E-state index in [1.54, 1.807) is 22.7 Å². The van der Waals surface area contributed by atoms with Gasteiger partial charge in [-0.3, -0.25) is 9.78 Å². The van der Waals surface area contributed by atoms with Gasteiger partial charge in [-0.15, -0.1) is 22.7 Å². The number of amides is 1. The molecule has 3 aromatic rings. The van der Waals surface area contributed by atoms with E-state index in [9.17, 15) is 4.79 Å². The molecule has 0 bridgehead atoms. The predicted molar refractivity (Wildman–Crippen MR) is 135 cm³/mol. The summed E-state index contributed by atoms with van der Waals surface area (Å²) < 4.78 is 1.12. The zero-order valence-electron chi connectivity index (χ0n) is 18.8. The van der Waals surface area contributed by atoms with Crippen molar-refractivity contribution in [2.45, 2.75) is 44.7 Å². The average Bonchev–Trinajstić information content (AvgIpc) is 3.55. The fourth-order valence-corrected chi connectivity index (χ4v) is 8.07. The molecule has 3 aromatic heterocycles. The number of hydrogen-bond acceptors (Lipinski definition) is 8. The molecule has 6 rings (SSSR count). The number of carbonyl (C=O) groups is 1. The first kappa shape index (κ1) is 21.6. The molecule has 0 unspecified atom stereocenters. The summed E-state index contributed by atoms with van der Waals surface area (Å²) in [6, 6.07) is 2.86.